The quantitative estimate of drug-likeness (QED) is 0.170. The molecule has 0 amide bonds. The van der Waals surface area contributed by atoms with Gasteiger partial charge in [-0.05, 0) is 22.3 Å². The molecule has 0 N–H and O–H groups in total. The summed E-state index contributed by atoms with van der Waals surface area (Å²) in [6, 6.07) is 40.0. The van der Waals surface area contributed by atoms with Crippen LogP contribution in [0.25, 0.3) is 0 Å². The molecule has 0 bridgehead atoms. The molecule has 0 saturated carbocycles. The molecule has 0 aromatic heterocycles. The van der Waals surface area contributed by atoms with E-state index in [-0.39, 0.29) is 24.7 Å². The van der Waals surface area contributed by atoms with Crippen LogP contribution in [0.5, 0.6) is 0 Å². The SMILES string of the molecule is O=S(=O)(CCON(Cc1ccccc1)Cc1ccccc1)CCON(Cc1ccccc1)Cc1ccccc1. The Morgan fingerprint density at radius 3 is 0.949 bits per heavy atom. The van der Waals surface area contributed by atoms with Gasteiger partial charge in [-0.2, -0.15) is 10.1 Å². The van der Waals surface area contributed by atoms with Crippen molar-refractivity contribution >= 4 is 9.84 Å². The molecule has 0 fully saturated rings. The summed E-state index contributed by atoms with van der Waals surface area (Å²) in [5.74, 6) is -0.151. The maximum atomic E-state index is 12.8. The molecule has 0 atom stereocenters. The van der Waals surface area contributed by atoms with Crippen molar-refractivity contribution in [2.75, 3.05) is 24.7 Å². The first-order valence-corrected chi connectivity index (χ1v) is 15.0. The normalized spacial score (nSPS) is 11.7. The maximum absolute atomic E-state index is 12.8. The van der Waals surface area contributed by atoms with Gasteiger partial charge in [0.25, 0.3) is 0 Å². The molecule has 7 heteroatoms. The molecule has 0 heterocycles. The van der Waals surface area contributed by atoms with Crippen molar-refractivity contribution in [2.45, 2.75) is 26.2 Å². The van der Waals surface area contributed by atoms with Crippen LogP contribution in [-0.4, -0.2) is 43.3 Å². The van der Waals surface area contributed by atoms with Crippen molar-refractivity contribution in [1.29, 1.82) is 0 Å². The van der Waals surface area contributed by atoms with Crippen LogP contribution in [0.15, 0.2) is 121 Å². The smallest absolute Gasteiger partial charge is 0.154 e. The predicted octanol–water partition coefficient (Wildman–Crippen LogP) is 5.67. The second-order valence-corrected chi connectivity index (χ2v) is 11.7. The Balaban J connectivity index is 1.28. The predicted molar refractivity (Wildman–Crippen MR) is 155 cm³/mol. The van der Waals surface area contributed by atoms with Crippen LogP contribution in [-0.2, 0) is 45.7 Å². The average molecular weight is 545 g/mol. The van der Waals surface area contributed by atoms with Gasteiger partial charge < -0.3 is 0 Å². The zero-order chi connectivity index (χ0) is 27.2. The van der Waals surface area contributed by atoms with Crippen molar-refractivity contribution in [3.8, 4) is 0 Å². The molecule has 0 unspecified atom stereocenters. The van der Waals surface area contributed by atoms with E-state index in [2.05, 4.69) is 0 Å². The number of sulfone groups is 1. The molecular weight excluding hydrogens is 508 g/mol. The zero-order valence-corrected chi connectivity index (χ0v) is 23.0. The minimum Gasteiger partial charge on any atom is -0.297 e. The zero-order valence-electron chi connectivity index (χ0n) is 22.1. The van der Waals surface area contributed by atoms with E-state index >= 15 is 0 Å². The molecular formula is C32H36N2O4S. The molecule has 0 saturated heterocycles. The molecule has 6 nitrogen and oxygen atoms in total. The first-order chi connectivity index (χ1) is 19.1. The summed E-state index contributed by atoms with van der Waals surface area (Å²) in [5, 5.41) is 3.64. The van der Waals surface area contributed by atoms with Crippen LogP contribution in [0.3, 0.4) is 0 Å². The fourth-order valence-corrected chi connectivity index (χ4v) is 4.99. The largest absolute Gasteiger partial charge is 0.297 e. The van der Waals surface area contributed by atoms with Crippen molar-refractivity contribution in [2.24, 2.45) is 0 Å². The Kier molecular flexibility index (Phi) is 11.3. The lowest BCUT2D eigenvalue weighted by Crippen LogP contribution is -2.29. The van der Waals surface area contributed by atoms with Crippen LogP contribution in [0.1, 0.15) is 22.3 Å². The standard InChI is InChI=1S/C32H36N2O4S/c35-39(36,23-21-37-33(25-29-13-5-1-6-14-29)26-30-15-7-2-8-16-30)24-22-38-34(27-31-17-9-3-10-18-31)28-32-19-11-4-12-20-32/h1-20H,21-28H2. The summed E-state index contributed by atoms with van der Waals surface area (Å²) >= 11 is 0. The summed E-state index contributed by atoms with van der Waals surface area (Å²) in [6.07, 6.45) is 0. The lowest BCUT2D eigenvalue weighted by molar-refractivity contribution is -0.170. The van der Waals surface area contributed by atoms with E-state index in [1.54, 1.807) is 0 Å². The topological polar surface area (TPSA) is 59.1 Å². The van der Waals surface area contributed by atoms with Crippen LogP contribution in [0.4, 0.5) is 0 Å². The van der Waals surface area contributed by atoms with Gasteiger partial charge in [-0.1, -0.05) is 121 Å². The molecule has 0 radical (unpaired) electrons. The maximum Gasteiger partial charge on any atom is 0.154 e. The first-order valence-electron chi connectivity index (χ1n) is 13.2. The van der Waals surface area contributed by atoms with Gasteiger partial charge in [-0.3, -0.25) is 9.68 Å². The van der Waals surface area contributed by atoms with Crippen LogP contribution in [0.2, 0.25) is 0 Å². The average Bonchev–Trinajstić information content (AvgIpc) is 2.95. The van der Waals surface area contributed by atoms with Crippen LogP contribution in [0, 0.1) is 0 Å². The fraction of sp³-hybridized carbons (Fsp3) is 0.250. The van der Waals surface area contributed by atoms with Gasteiger partial charge in [0.2, 0.25) is 0 Å². The van der Waals surface area contributed by atoms with Crippen LogP contribution >= 0.6 is 0 Å². The second kappa shape index (κ2) is 15.3. The third kappa shape index (κ3) is 10.8. The van der Waals surface area contributed by atoms with Crippen molar-refractivity contribution in [3.05, 3.63) is 144 Å². The number of hydroxylamine groups is 4. The van der Waals surface area contributed by atoms with Gasteiger partial charge in [0.1, 0.15) is 0 Å². The van der Waals surface area contributed by atoms with E-state index < -0.39 is 9.84 Å². The van der Waals surface area contributed by atoms with Gasteiger partial charge in [-0.15, -0.1) is 0 Å². The third-order valence-electron chi connectivity index (χ3n) is 6.14. The minimum atomic E-state index is -3.37. The highest BCUT2D eigenvalue weighted by molar-refractivity contribution is 7.91. The Labute approximate surface area is 232 Å². The number of hydrogen-bond acceptors (Lipinski definition) is 6. The molecule has 0 aliphatic rings. The second-order valence-electron chi connectivity index (χ2n) is 9.36. The van der Waals surface area contributed by atoms with E-state index in [1.165, 1.54) is 0 Å². The Morgan fingerprint density at radius 1 is 0.436 bits per heavy atom. The molecule has 0 aliphatic carbocycles. The summed E-state index contributed by atoms with van der Waals surface area (Å²) in [5.41, 5.74) is 4.39. The van der Waals surface area contributed by atoms with E-state index in [0.29, 0.717) is 26.2 Å². The van der Waals surface area contributed by atoms with Gasteiger partial charge in [0.15, 0.2) is 9.84 Å². The molecule has 4 aromatic rings. The van der Waals surface area contributed by atoms with Gasteiger partial charge in [-0.25, -0.2) is 8.42 Å². The number of rotatable bonds is 16. The summed E-state index contributed by atoms with van der Waals surface area (Å²) in [7, 11) is -3.37. The highest BCUT2D eigenvalue weighted by atomic mass is 32.2. The molecule has 4 aromatic carbocycles. The summed E-state index contributed by atoms with van der Waals surface area (Å²) in [6.45, 7) is 2.42. The fourth-order valence-electron chi connectivity index (χ4n) is 4.13. The number of nitrogens with zero attached hydrogens (tertiary/aromatic N) is 2. The highest BCUT2D eigenvalue weighted by Gasteiger charge is 2.16. The third-order valence-corrected chi connectivity index (χ3v) is 7.72. The van der Waals surface area contributed by atoms with E-state index in [0.717, 1.165) is 22.3 Å². The number of hydrogen-bond donors (Lipinski definition) is 0. The summed E-state index contributed by atoms with van der Waals surface area (Å²) in [4.78, 5) is 11.9. The Morgan fingerprint density at radius 2 is 0.692 bits per heavy atom. The van der Waals surface area contributed by atoms with Crippen molar-refractivity contribution in [1.82, 2.24) is 10.1 Å². The number of benzene rings is 4. The van der Waals surface area contributed by atoms with E-state index in [9.17, 15) is 8.42 Å². The van der Waals surface area contributed by atoms with Gasteiger partial charge >= 0.3 is 0 Å². The Bertz CT molecular complexity index is 1140. The van der Waals surface area contributed by atoms with Gasteiger partial charge in [0.05, 0.1) is 24.7 Å². The molecule has 4 rings (SSSR count). The monoisotopic (exact) mass is 544 g/mol. The highest BCUT2D eigenvalue weighted by Crippen LogP contribution is 2.13. The molecule has 0 spiro atoms. The first kappa shape index (κ1) is 28.7. The van der Waals surface area contributed by atoms with Crippen LogP contribution < -0.4 is 0 Å². The van der Waals surface area contributed by atoms with E-state index in [1.807, 2.05) is 131 Å². The molecule has 0 aliphatic heterocycles. The van der Waals surface area contributed by atoms with Crippen molar-refractivity contribution in [3.63, 3.8) is 0 Å². The Hall–Kier alpha value is -3.33. The van der Waals surface area contributed by atoms with Crippen molar-refractivity contribution < 1.29 is 18.1 Å². The lowest BCUT2D eigenvalue weighted by atomic mass is 10.2. The molecule has 39 heavy (non-hydrogen) atoms. The lowest BCUT2D eigenvalue weighted by Gasteiger charge is -2.23. The summed E-state index contributed by atoms with van der Waals surface area (Å²) < 4.78 is 25.7. The minimum absolute atomic E-state index is 0.0756. The van der Waals surface area contributed by atoms with E-state index in [4.69, 9.17) is 9.68 Å². The molecule has 204 valence electrons. The van der Waals surface area contributed by atoms with Gasteiger partial charge in [0, 0.05) is 26.2 Å².